The van der Waals surface area contributed by atoms with Crippen LogP contribution in [0.1, 0.15) is 40.5 Å². The van der Waals surface area contributed by atoms with Gasteiger partial charge in [0.2, 0.25) is 0 Å². The Morgan fingerprint density at radius 1 is 1.36 bits per heavy atom. The van der Waals surface area contributed by atoms with Crippen molar-refractivity contribution in [3.63, 3.8) is 0 Å². The van der Waals surface area contributed by atoms with E-state index in [4.69, 9.17) is 4.74 Å². The molecule has 0 aromatic carbocycles. The molecule has 3 heteroatoms. The molecule has 0 bridgehead atoms. The molecule has 2 unspecified atom stereocenters. The Balaban J connectivity index is 2.65. The zero-order valence-electron chi connectivity index (χ0n) is 9.41. The molecule has 2 atom stereocenters. The lowest BCUT2D eigenvalue weighted by molar-refractivity contribution is -0.161. The molecular weight excluding hydrogens is 180 g/mol. The Morgan fingerprint density at radius 2 is 1.79 bits per heavy atom. The van der Waals surface area contributed by atoms with Crippen LogP contribution in [0.15, 0.2) is 0 Å². The molecule has 1 saturated carbocycles. The number of ether oxygens (including phenoxy) is 1. The number of hydrogen-bond donors (Lipinski definition) is 1. The summed E-state index contributed by atoms with van der Waals surface area (Å²) in [5.74, 6) is 0.241. The number of esters is 1. The van der Waals surface area contributed by atoms with Gasteiger partial charge in [-0.3, -0.25) is 4.79 Å². The van der Waals surface area contributed by atoms with Crippen LogP contribution in [0.4, 0.5) is 0 Å². The molecule has 0 aromatic heterocycles. The van der Waals surface area contributed by atoms with E-state index >= 15 is 0 Å². The third-order valence-electron chi connectivity index (χ3n) is 2.95. The van der Waals surface area contributed by atoms with Crippen LogP contribution < -0.4 is 0 Å². The molecule has 0 saturated heterocycles. The van der Waals surface area contributed by atoms with Crippen molar-refractivity contribution < 1.29 is 14.6 Å². The van der Waals surface area contributed by atoms with Crippen molar-refractivity contribution in [1.29, 1.82) is 0 Å². The highest BCUT2D eigenvalue weighted by molar-refractivity contribution is 5.66. The second kappa shape index (κ2) is 3.89. The van der Waals surface area contributed by atoms with Crippen LogP contribution in [-0.4, -0.2) is 22.8 Å². The summed E-state index contributed by atoms with van der Waals surface area (Å²) in [6.07, 6.45) is 1.37. The molecule has 1 aliphatic carbocycles. The van der Waals surface area contributed by atoms with Gasteiger partial charge >= 0.3 is 5.97 Å². The minimum absolute atomic E-state index is 0.0345. The van der Waals surface area contributed by atoms with E-state index < -0.39 is 5.60 Å². The highest BCUT2D eigenvalue weighted by Crippen LogP contribution is 2.37. The van der Waals surface area contributed by atoms with Gasteiger partial charge in [0, 0.05) is 6.92 Å². The van der Waals surface area contributed by atoms with Crippen molar-refractivity contribution in [2.24, 2.45) is 11.8 Å². The normalized spacial score (nSPS) is 43.4. The highest BCUT2D eigenvalue weighted by Gasteiger charge is 2.40. The molecule has 1 rings (SSSR count). The minimum atomic E-state index is -0.602. The Morgan fingerprint density at radius 3 is 2.14 bits per heavy atom. The Kier molecular flexibility index (Phi) is 3.20. The smallest absolute Gasteiger partial charge is 0.302 e. The average molecular weight is 200 g/mol. The Hall–Kier alpha value is -0.570. The van der Waals surface area contributed by atoms with E-state index in [1.54, 1.807) is 0 Å². The molecule has 82 valence electrons. The topological polar surface area (TPSA) is 46.5 Å². The fraction of sp³-hybridized carbons (Fsp3) is 0.909. The van der Waals surface area contributed by atoms with Crippen LogP contribution in [-0.2, 0) is 9.53 Å². The number of aliphatic hydroxyl groups is 1. The Bertz CT molecular complexity index is 209. The van der Waals surface area contributed by atoms with E-state index in [-0.39, 0.29) is 23.9 Å². The third kappa shape index (κ3) is 2.71. The standard InChI is InChI=1S/C11H20O3/c1-7-5-11(4,13)6-8(2)10(7)14-9(3)12/h7-8,10,13H,5-6H2,1-4H3. The van der Waals surface area contributed by atoms with Crippen LogP contribution in [0.25, 0.3) is 0 Å². The van der Waals surface area contributed by atoms with Crippen molar-refractivity contribution in [3.8, 4) is 0 Å². The first-order valence-electron chi connectivity index (χ1n) is 5.21. The van der Waals surface area contributed by atoms with E-state index in [0.29, 0.717) is 12.8 Å². The molecule has 0 heterocycles. The second-order valence-corrected chi connectivity index (χ2v) is 4.93. The average Bonchev–Trinajstić information content (AvgIpc) is 1.94. The zero-order chi connectivity index (χ0) is 10.9. The summed E-state index contributed by atoms with van der Waals surface area (Å²) in [6.45, 7) is 7.34. The van der Waals surface area contributed by atoms with Gasteiger partial charge in [-0.1, -0.05) is 13.8 Å². The van der Waals surface area contributed by atoms with Crippen LogP contribution in [0.2, 0.25) is 0 Å². The summed E-state index contributed by atoms with van der Waals surface area (Å²) in [5.41, 5.74) is -0.602. The van der Waals surface area contributed by atoms with E-state index in [9.17, 15) is 9.90 Å². The van der Waals surface area contributed by atoms with Crippen molar-refractivity contribution in [3.05, 3.63) is 0 Å². The van der Waals surface area contributed by atoms with Crippen LogP contribution in [0, 0.1) is 11.8 Å². The summed E-state index contributed by atoms with van der Waals surface area (Å²) in [5, 5.41) is 9.93. The van der Waals surface area contributed by atoms with Gasteiger partial charge in [0.05, 0.1) is 5.60 Å². The van der Waals surface area contributed by atoms with Gasteiger partial charge in [0.15, 0.2) is 0 Å². The number of hydrogen-bond acceptors (Lipinski definition) is 3. The summed E-state index contributed by atoms with van der Waals surface area (Å²) in [4.78, 5) is 10.9. The van der Waals surface area contributed by atoms with Gasteiger partial charge in [-0.2, -0.15) is 0 Å². The molecule has 3 nitrogen and oxygen atoms in total. The Labute approximate surface area is 85.5 Å². The summed E-state index contributed by atoms with van der Waals surface area (Å²) >= 11 is 0. The van der Waals surface area contributed by atoms with Crippen molar-refractivity contribution in [2.45, 2.75) is 52.2 Å². The fourth-order valence-corrected chi connectivity index (χ4v) is 2.69. The molecule has 0 aromatic rings. The summed E-state index contributed by atoms with van der Waals surface area (Å²) < 4.78 is 5.26. The van der Waals surface area contributed by atoms with Gasteiger partial charge in [0.25, 0.3) is 0 Å². The maximum atomic E-state index is 10.9. The van der Waals surface area contributed by atoms with Crippen LogP contribution in [0.5, 0.6) is 0 Å². The van der Waals surface area contributed by atoms with Crippen LogP contribution in [0.3, 0.4) is 0 Å². The van der Waals surface area contributed by atoms with Gasteiger partial charge in [-0.05, 0) is 31.6 Å². The molecule has 1 N–H and O–H groups in total. The summed E-state index contributed by atoms with van der Waals surface area (Å²) in [6, 6.07) is 0. The molecule has 0 spiro atoms. The zero-order valence-corrected chi connectivity index (χ0v) is 9.41. The molecule has 1 aliphatic rings. The van der Waals surface area contributed by atoms with Crippen molar-refractivity contribution in [1.82, 2.24) is 0 Å². The van der Waals surface area contributed by atoms with E-state index in [1.165, 1.54) is 6.92 Å². The maximum absolute atomic E-state index is 10.9. The van der Waals surface area contributed by atoms with Crippen molar-refractivity contribution >= 4 is 5.97 Å². The van der Waals surface area contributed by atoms with E-state index in [2.05, 4.69) is 0 Å². The lowest BCUT2D eigenvalue weighted by atomic mass is 9.72. The first-order chi connectivity index (χ1) is 6.32. The minimum Gasteiger partial charge on any atom is -0.462 e. The van der Waals surface area contributed by atoms with Gasteiger partial charge in [0.1, 0.15) is 6.10 Å². The maximum Gasteiger partial charge on any atom is 0.302 e. The molecule has 1 fully saturated rings. The van der Waals surface area contributed by atoms with Gasteiger partial charge in [-0.15, -0.1) is 0 Å². The first-order valence-corrected chi connectivity index (χ1v) is 5.21. The van der Waals surface area contributed by atoms with E-state index in [0.717, 1.165) is 0 Å². The predicted octanol–water partition coefficient (Wildman–Crippen LogP) is 1.74. The largest absolute Gasteiger partial charge is 0.462 e. The van der Waals surface area contributed by atoms with Crippen molar-refractivity contribution in [2.75, 3.05) is 0 Å². The predicted molar refractivity (Wildman–Crippen MR) is 53.7 cm³/mol. The SMILES string of the molecule is CC(=O)OC1C(C)CC(C)(O)CC1C. The lowest BCUT2D eigenvalue weighted by Crippen LogP contribution is -2.45. The van der Waals surface area contributed by atoms with Gasteiger partial charge in [-0.25, -0.2) is 0 Å². The first kappa shape index (κ1) is 11.5. The van der Waals surface area contributed by atoms with Gasteiger partial charge < -0.3 is 9.84 Å². The number of carbonyl (C=O) groups is 1. The molecule has 0 radical (unpaired) electrons. The third-order valence-corrected chi connectivity index (χ3v) is 2.95. The molecular formula is C11H20O3. The molecule has 14 heavy (non-hydrogen) atoms. The second-order valence-electron chi connectivity index (χ2n) is 4.93. The summed E-state index contributed by atoms with van der Waals surface area (Å²) in [7, 11) is 0. The number of rotatable bonds is 1. The monoisotopic (exact) mass is 200 g/mol. The fourth-order valence-electron chi connectivity index (χ4n) is 2.69. The number of carbonyl (C=O) groups excluding carboxylic acids is 1. The van der Waals surface area contributed by atoms with Crippen LogP contribution >= 0.6 is 0 Å². The van der Waals surface area contributed by atoms with E-state index in [1.807, 2.05) is 20.8 Å². The highest BCUT2D eigenvalue weighted by atomic mass is 16.5. The molecule has 0 aliphatic heterocycles. The lowest BCUT2D eigenvalue weighted by Gasteiger charge is -2.41. The molecule has 0 amide bonds. The quantitative estimate of drug-likeness (QED) is 0.656.